The summed E-state index contributed by atoms with van der Waals surface area (Å²) in [6.45, 7) is 2.93. The van der Waals surface area contributed by atoms with E-state index in [1.807, 2.05) is 35.2 Å². The van der Waals surface area contributed by atoms with Gasteiger partial charge in [0.05, 0.1) is 14.2 Å². The van der Waals surface area contributed by atoms with Gasteiger partial charge in [0.2, 0.25) is 0 Å². The lowest BCUT2D eigenvalue weighted by Gasteiger charge is -2.36. The van der Waals surface area contributed by atoms with Crippen molar-refractivity contribution >= 4 is 11.6 Å². The number of piperazine rings is 1. The molecule has 5 heteroatoms. The van der Waals surface area contributed by atoms with E-state index in [0.29, 0.717) is 13.1 Å². The van der Waals surface area contributed by atoms with E-state index in [1.165, 1.54) is 16.7 Å². The molecule has 1 aliphatic heterocycles. The van der Waals surface area contributed by atoms with Crippen LogP contribution in [0.5, 0.6) is 11.5 Å². The Kier molecular flexibility index (Phi) is 5.02. The van der Waals surface area contributed by atoms with E-state index in [9.17, 15) is 4.79 Å². The first kappa shape index (κ1) is 19.5. The van der Waals surface area contributed by atoms with Gasteiger partial charge in [0.1, 0.15) is 11.5 Å². The summed E-state index contributed by atoms with van der Waals surface area (Å²) in [6.07, 6.45) is 0.830. The van der Waals surface area contributed by atoms with E-state index in [2.05, 4.69) is 35.2 Å². The third-order valence-electron chi connectivity index (χ3n) is 6.35. The summed E-state index contributed by atoms with van der Waals surface area (Å²) in [7, 11) is 3.32. The lowest BCUT2D eigenvalue weighted by atomic mass is 10.00. The number of ether oxygens (including phenoxy) is 2. The molecule has 0 atom stereocenters. The Morgan fingerprint density at radius 3 is 2.19 bits per heavy atom. The Morgan fingerprint density at radius 2 is 1.48 bits per heavy atom. The van der Waals surface area contributed by atoms with Gasteiger partial charge in [-0.3, -0.25) is 4.79 Å². The molecular formula is C26H26N2O3. The van der Waals surface area contributed by atoms with Crippen molar-refractivity contribution in [3.05, 3.63) is 77.4 Å². The smallest absolute Gasteiger partial charge is 0.254 e. The topological polar surface area (TPSA) is 42.0 Å². The van der Waals surface area contributed by atoms with Gasteiger partial charge in [-0.2, -0.15) is 0 Å². The van der Waals surface area contributed by atoms with Crippen LogP contribution in [-0.2, 0) is 6.42 Å². The number of hydrogen-bond donors (Lipinski definition) is 0. The quantitative estimate of drug-likeness (QED) is 0.501. The molecule has 0 unspecified atom stereocenters. The number of benzene rings is 3. The summed E-state index contributed by atoms with van der Waals surface area (Å²) in [5, 5.41) is 0. The Labute approximate surface area is 182 Å². The highest BCUT2D eigenvalue weighted by Gasteiger charge is 2.28. The van der Waals surface area contributed by atoms with Gasteiger partial charge >= 0.3 is 0 Å². The second kappa shape index (κ2) is 7.99. The van der Waals surface area contributed by atoms with Crippen LogP contribution in [0.25, 0.3) is 11.1 Å². The number of rotatable bonds is 4. The predicted octanol–water partition coefficient (Wildman–Crippen LogP) is 4.24. The first-order valence-corrected chi connectivity index (χ1v) is 10.7. The molecule has 1 fully saturated rings. The van der Waals surface area contributed by atoms with E-state index in [4.69, 9.17) is 9.47 Å². The highest BCUT2D eigenvalue weighted by atomic mass is 16.5. The number of methoxy groups -OCH3 is 2. The third kappa shape index (κ3) is 3.50. The van der Waals surface area contributed by atoms with Crippen molar-refractivity contribution in [2.45, 2.75) is 6.42 Å². The number of amides is 1. The van der Waals surface area contributed by atoms with Gasteiger partial charge in [-0.05, 0) is 34.7 Å². The van der Waals surface area contributed by atoms with E-state index in [1.54, 1.807) is 14.2 Å². The van der Waals surface area contributed by atoms with E-state index in [0.717, 1.165) is 47.8 Å². The number of anilines is 1. The van der Waals surface area contributed by atoms with Crippen molar-refractivity contribution in [2.24, 2.45) is 0 Å². The zero-order valence-electron chi connectivity index (χ0n) is 17.9. The predicted molar refractivity (Wildman–Crippen MR) is 122 cm³/mol. The van der Waals surface area contributed by atoms with Gasteiger partial charge in [0.25, 0.3) is 5.91 Å². The van der Waals surface area contributed by atoms with Crippen LogP contribution in [0.3, 0.4) is 0 Å². The fraction of sp³-hybridized carbons (Fsp3) is 0.269. The van der Waals surface area contributed by atoms with Crippen LogP contribution in [0, 0.1) is 0 Å². The minimum Gasteiger partial charge on any atom is -0.497 e. The average molecular weight is 415 g/mol. The lowest BCUT2D eigenvalue weighted by Crippen LogP contribution is -2.49. The fourth-order valence-electron chi connectivity index (χ4n) is 4.67. The van der Waals surface area contributed by atoms with Crippen molar-refractivity contribution in [2.75, 3.05) is 45.3 Å². The molecule has 3 aromatic carbocycles. The van der Waals surface area contributed by atoms with Gasteiger partial charge in [0.15, 0.2) is 0 Å². The SMILES string of the molecule is COc1cc(OC)cc(N2CCN(C(=O)c3cccc4c3Cc3ccccc3-4)CC2)c1. The molecule has 1 amide bonds. The molecule has 0 saturated carbocycles. The molecule has 0 bridgehead atoms. The summed E-state index contributed by atoms with van der Waals surface area (Å²) in [5.41, 5.74) is 6.81. The average Bonchev–Trinajstić information content (AvgIpc) is 3.22. The second-order valence-corrected chi connectivity index (χ2v) is 8.02. The van der Waals surface area contributed by atoms with Crippen molar-refractivity contribution in [3.63, 3.8) is 0 Å². The molecule has 31 heavy (non-hydrogen) atoms. The molecule has 0 N–H and O–H groups in total. The molecule has 5 rings (SSSR count). The maximum absolute atomic E-state index is 13.4. The molecule has 0 aromatic heterocycles. The second-order valence-electron chi connectivity index (χ2n) is 8.02. The van der Waals surface area contributed by atoms with Crippen LogP contribution < -0.4 is 14.4 Å². The molecular weight excluding hydrogens is 388 g/mol. The largest absolute Gasteiger partial charge is 0.497 e. The van der Waals surface area contributed by atoms with Gasteiger partial charge in [-0.1, -0.05) is 36.4 Å². The maximum atomic E-state index is 13.4. The Hall–Kier alpha value is -3.47. The molecule has 3 aromatic rings. The van der Waals surface area contributed by atoms with E-state index >= 15 is 0 Å². The summed E-state index contributed by atoms with van der Waals surface area (Å²) in [4.78, 5) is 17.7. The Morgan fingerprint density at radius 1 is 0.806 bits per heavy atom. The van der Waals surface area contributed by atoms with Crippen molar-refractivity contribution in [1.29, 1.82) is 0 Å². The van der Waals surface area contributed by atoms with Crippen LogP contribution >= 0.6 is 0 Å². The van der Waals surface area contributed by atoms with E-state index in [-0.39, 0.29) is 5.91 Å². The highest BCUT2D eigenvalue weighted by molar-refractivity contribution is 5.99. The number of carbonyl (C=O) groups is 1. The normalized spacial score (nSPS) is 14.8. The Bertz CT molecular complexity index is 1110. The van der Waals surface area contributed by atoms with Gasteiger partial charge in [-0.15, -0.1) is 0 Å². The standard InChI is InChI=1S/C26H26N2O3/c1-30-20-15-19(16-21(17-20)31-2)27-10-12-28(13-11-27)26(29)24-9-5-8-23-22-7-4-3-6-18(22)14-25(23)24/h3-9,15-17H,10-14H2,1-2H3. The van der Waals surface area contributed by atoms with Crippen LogP contribution in [0.4, 0.5) is 5.69 Å². The molecule has 1 aliphatic carbocycles. The first-order chi connectivity index (χ1) is 15.2. The Balaban J connectivity index is 1.33. The molecule has 2 aliphatic rings. The van der Waals surface area contributed by atoms with Crippen LogP contribution in [0.1, 0.15) is 21.5 Å². The minimum absolute atomic E-state index is 0.132. The summed E-state index contributed by atoms with van der Waals surface area (Å²) in [5.74, 6) is 1.67. The molecule has 0 spiro atoms. The summed E-state index contributed by atoms with van der Waals surface area (Å²) in [6, 6.07) is 20.5. The lowest BCUT2D eigenvalue weighted by molar-refractivity contribution is 0.0746. The molecule has 1 heterocycles. The summed E-state index contributed by atoms with van der Waals surface area (Å²) < 4.78 is 10.8. The third-order valence-corrected chi connectivity index (χ3v) is 6.35. The monoisotopic (exact) mass is 414 g/mol. The first-order valence-electron chi connectivity index (χ1n) is 10.7. The van der Waals surface area contributed by atoms with Crippen molar-refractivity contribution < 1.29 is 14.3 Å². The molecule has 1 saturated heterocycles. The number of fused-ring (bicyclic) bond motifs is 3. The molecule has 5 nitrogen and oxygen atoms in total. The zero-order valence-corrected chi connectivity index (χ0v) is 17.9. The molecule has 0 radical (unpaired) electrons. The van der Waals surface area contributed by atoms with Gasteiger partial charge < -0.3 is 19.3 Å². The number of hydrogen-bond acceptors (Lipinski definition) is 4. The van der Waals surface area contributed by atoms with E-state index < -0.39 is 0 Å². The number of nitrogens with zero attached hydrogens (tertiary/aromatic N) is 2. The fourth-order valence-corrected chi connectivity index (χ4v) is 4.67. The van der Waals surface area contributed by atoms with Crippen molar-refractivity contribution in [1.82, 2.24) is 4.90 Å². The maximum Gasteiger partial charge on any atom is 0.254 e. The molecule has 158 valence electrons. The van der Waals surface area contributed by atoms with Crippen LogP contribution in [0.2, 0.25) is 0 Å². The van der Waals surface area contributed by atoms with Gasteiger partial charge in [0, 0.05) is 55.6 Å². The zero-order chi connectivity index (χ0) is 21.4. The number of carbonyl (C=O) groups excluding carboxylic acids is 1. The van der Waals surface area contributed by atoms with Crippen molar-refractivity contribution in [3.8, 4) is 22.6 Å². The van der Waals surface area contributed by atoms with Gasteiger partial charge in [-0.25, -0.2) is 0 Å². The summed E-state index contributed by atoms with van der Waals surface area (Å²) >= 11 is 0. The van der Waals surface area contributed by atoms with Crippen LogP contribution in [0.15, 0.2) is 60.7 Å². The highest BCUT2D eigenvalue weighted by Crippen LogP contribution is 2.38. The minimum atomic E-state index is 0.132. The van der Waals surface area contributed by atoms with Crippen LogP contribution in [-0.4, -0.2) is 51.2 Å².